The molecule has 0 aromatic rings. The van der Waals surface area contributed by atoms with E-state index in [2.05, 4.69) is 26.0 Å². The minimum absolute atomic E-state index is 0.335. The summed E-state index contributed by atoms with van der Waals surface area (Å²) in [6.07, 6.45) is 24.7. The molecule has 0 rings (SSSR count). The average Bonchev–Trinajstić information content (AvgIpc) is 2.53. The van der Waals surface area contributed by atoms with Gasteiger partial charge in [0, 0.05) is 6.61 Å². The fourth-order valence-corrected chi connectivity index (χ4v) is 3.02. The van der Waals surface area contributed by atoms with Crippen LogP contribution in [0.3, 0.4) is 0 Å². The first-order valence-electron chi connectivity index (χ1n) is 10.1. The van der Waals surface area contributed by atoms with Crippen molar-refractivity contribution in [1.29, 1.82) is 0 Å². The Morgan fingerprint density at radius 2 is 1.23 bits per heavy atom. The number of allylic oxidation sites excluding steroid dienone is 2. The van der Waals surface area contributed by atoms with Crippen LogP contribution in [0.1, 0.15) is 110 Å². The van der Waals surface area contributed by atoms with Crippen molar-refractivity contribution in [3.05, 3.63) is 12.2 Å². The summed E-state index contributed by atoms with van der Waals surface area (Å²) < 4.78 is 0. The van der Waals surface area contributed by atoms with Gasteiger partial charge >= 0.3 is 0 Å². The number of hydrogen-bond donors (Lipinski definition) is 1. The molecule has 0 aromatic heterocycles. The van der Waals surface area contributed by atoms with Gasteiger partial charge in [-0.1, -0.05) is 96.6 Å². The van der Waals surface area contributed by atoms with Crippen molar-refractivity contribution in [3.63, 3.8) is 0 Å². The molecule has 0 spiro atoms. The molecule has 1 heteroatoms. The molecule has 1 N–H and O–H groups in total. The molecule has 0 saturated carbocycles. The lowest BCUT2D eigenvalue weighted by atomic mass is 9.96. The second kappa shape index (κ2) is 18.7. The SMILES string of the molecule is CCCCCCCC/C=C/C(CCO)CCCCCCCC. The maximum Gasteiger partial charge on any atom is 0.0436 e. The Morgan fingerprint density at radius 1 is 0.682 bits per heavy atom. The smallest absolute Gasteiger partial charge is 0.0436 e. The van der Waals surface area contributed by atoms with E-state index < -0.39 is 0 Å². The van der Waals surface area contributed by atoms with Gasteiger partial charge in [-0.05, 0) is 31.6 Å². The summed E-state index contributed by atoms with van der Waals surface area (Å²) in [6, 6.07) is 0. The van der Waals surface area contributed by atoms with Gasteiger partial charge in [0.2, 0.25) is 0 Å². The standard InChI is InChI=1S/C21H42O/c1-3-5-7-9-11-12-14-16-18-21(19-20-22)17-15-13-10-8-6-4-2/h16,18,21-22H,3-15,17,19-20H2,1-2H3/b18-16+. The maximum absolute atomic E-state index is 9.20. The molecule has 132 valence electrons. The molecular formula is C21H42O. The third-order valence-electron chi connectivity index (χ3n) is 4.56. The largest absolute Gasteiger partial charge is 0.396 e. The Morgan fingerprint density at radius 3 is 1.82 bits per heavy atom. The molecule has 0 aliphatic rings. The zero-order valence-electron chi connectivity index (χ0n) is 15.5. The van der Waals surface area contributed by atoms with E-state index in [4.69, 9.17) is 0 Å². The highest BCUT2D eigenvalue weighted by Gasteiger charge is 2.03. The van der Waals surface area contributed by atoms with E-state index in [-0.39, 0.29) is 0 Å². The van der Waals surface area contributed by atoms with Crippen molar-refractivity contribution in [2.24, 2.45) is 5.92 Å². The second-order valence-corrected chi connectivity index (χ2v) is 6.81. The van der Waals surface area contributed by atoms with Crippen LogP contribution < -0.4 is 0 Å². The summed E-state index contributed by atoms with van der Waals surface area (Å²) in [7, 11) is 0. The molecule has 1 atom stereocenters. The number of aliphatic hydroxyl groups is 1. The molecule has 0 fully saturated rings. The highest BCUT2D eigenvalue weighted by molar-refractivity contribution is 4.88. The maximum atomic E-state index is 9.20. The van der Waals surface area contributed by atoms with E-state index in [1.54, 1.807) is 0 Å². The molecule has 0 radical (unpaired) electrons. The van der Waals surface area contributed by atoms with Gasteiger partial charge in [0.15, 0.2) is 0 Å². The minimum Gasteiger partial charge on any atom is -0.396 e. The molecule has 0 saturated heterocycles. The van der Waals surface area contributed by atoms with Gasteiger partial charge in [-0.2, -0.15) is 0 Å². The quantitative estimate of drug-likeness (QED) is 0.225. The first kappa shape index (κ1) is 21.7. The summed E-state index contributed by atoms with van der Waals surface area (Å²) in [4.78, 5) is 0. The van der Waals surface area contributed by atoms with Crippen LogP contribution in [0.4, 0.5) is 0 Å². The molecular weight excluding hydrogens is 268 g/mol. The van der Waals surface area contributed by atoms with Gasteiger partial charge < -0.3 is 5.11 Å². The van der Waals surface area contributed by atoms with Crippen LogP contribution in [0, 0.1) is 5.92 Å². The Bertz CT molecular complexity index is 222. The highest BCUT2D eigenvalue weighted by Crippen LogP contribution is 2.17. The Kier molecular flexibility index (Phi) is 18.5. The lowest BCUT2D eigenvalue weighted by Crippen LogP contribution is -2.00. The van der Waals surface area contributed by atoms with Crippen LogP contribution in [0.5, 0.6) is 0 Å². The van der Waals surface area contributed by atoms with Crippen molar-refractivity contribution in [2.75, 3.05) is 6.61 Å². The average molecular weight is 311 g/mol. The van der Waals surface area contributed by atoms with Gasteiger partial charge in [0.05, 0.1) is 0 Å². The van der Waals surface area contributed by atoms with Crippen LogP contribution >= 0.6 is 0 Å². The first-order chi connectivity index (χ1) is 10.8. The van der Waals surface area contributed by atoms with Crippen molar-refractivity contribution in [1.82, 2.24) is 0 Å². The van der Waals surface area contributed by atoms with Crippen LogP contribution in [-0.2, 0) is 0 Å². The second-order valence-electron chi connectivity index (χ2n) is 6.81. The molecule has 0 aliphatic heterocycles. The highest BCUT2D eigenvalue weighted by atomic mass is 16.3. The molecule has 22 heavy (non-hydrogen) atoms. The number of aliphatic hydroxyl groups excluding tert-OH is 1. The van der Waals surface area contributed by atoms with Crippen molar-refractivity contribution >= 4 is 0 Å². The topological polar surface area (TPSA) is 20.2 Å². The van der Waals surface area contributed by atoms with E-state index in [1.807, 2.05) is 0 Å². The summed E-state index contributed by atoms with van der Waals surface area (Å²) >= 11 is 0. The Hall–Kier alpha value is -0.300. The van der Waals surface area contributed by atoms with Gasteiger partial charge in [0.1, 0.15) is 0 Å². The molecule has 1 unspecified atom stereocenters. The van der Waals surface area contributed by atoms with E-state index in [1.165, 1.54) is 89.9 Å². The fraction of sp³-hybridized carbons (Fsp3) is 0.905. The lowest BCUT2D eigenvalue weighted by Gasteiger charge is -2.11. The molecule has 0 heterocycles. The number of unbranched alkanes of at least 4 members (excludes halogenated alkanes) is 11. The van der Waals surface area contributed by atoms with E-state index in [0.29, 0.717) is 12.5 Å². The van der Waals surface area contributed by atoms with E-state index >= 15 is 0 Å². The third kappa shape index (κ3) is 16.1. The van der Waals surface area contributed by atoms with E-state index in [0.717, 1.165) is 6.42 Å². The summed E-state index contributed by atoms with van der Waals surface area (Å²) in [6.45, 7) is 4.88. The van der Waals surface area contributed by atoms with Gasteiger partial charge in [-0.3, -0.25) is 0 Å². The predicted molar refractivity (Wildman–Crippen MR) is 100 cm³/mol. The monoisotopic (exact) mass is 310 g/mol. The molecule has 0 aliphatic carbocycles. The van der Waals surface area contributed by atoms with Gasteiger partial charge in [-0.25, -0.2) is 0 Å². The lowest BCUT2D eigenvalue weighted by molar-refractivity contribution is 0.265. The van der Waals surface area contributed by atoms with Gasteiger partial charge in [0.25, 0.3) is 0 Å². The van der Waals surface area contributed by atoms with Crippen molar-refractivity contribution in [3.8, 4) is 0 Å². The Balaban J connectivity index is 3.58. The first-order valence-corrected chi connectivity index (χ1v) is 10.1. The molecule has 0 aromatic carbocycles. The molecule has 0 bridgehead atoms. The molecule has 0 amide bonds. The zero-order valence-corrected chi connectivity index (χ0v) is 15.5. The van der Waals surface area contributed by atoms with E-state index in [9.17, 15) is 5.11 Å². The normalized spacial score (nSPS) is 13.0. The summed E-state index contributed by atoms with van der Waals surface area (Å²) in [5, 5.41) is 9.20. The molecule has 1 nitrogen and oxygen atoms in total. The van der Waals surface area contributed by atoms with Gasteiger partial charge in [-0.15, -0.1) is 0 Å². The van der Waals surface area contributed by atoms with Crippen molar-refractivity contribution in [2.45, 2.75) is 110 Å². The fourth-order valence-electron chi connectivity index (χ4n) is 3.02. The third-order valence-corrected chi connectivity index (χ3v) is 4.56. The minimum atomic E-state index is 0.335. The number of hydrogen-bond acceptors (Lipinski definition) is 1. The number of rotatable bonds is 17. The summed E-state index contributed by atoms with van der Waals surface area (Å²) in [5.41, 5.74) is 0. The van der Waals surface area contributed by atoms with Crippen LogP contribution in [0.25, 0.3) is 0 Å². The van der Waals surface area contributed by atoms with Crippen molar-refractivity contribution < 1.29 is 5.11 Å². The Labute approximate surface area is 140 Å². The van der Waals surface area contributed by atoms with Crippen LogP contribution in [0.2, 0.25) is 0 Å². The van der Waals surface area contributed by atoms with Crippen LogP contribution in [0.15, 0.2) is 12.2 Å². The summed E-state index contributed by atoms with van der Waals surface area (Å²) in [5.74, 6) is 0.608. The predicted octanol–water partition coefficient (Wildman–Crippen LogP) is 7.04. The van der Waals surface area contributed by atoms with Crippen LogP contribution in [-0.4, -0.2) is 11.7 Å². The zero-order chi connectivity index (χ0) is 16.3.